The van der Waals surface area contributed by atoms with Crippen molar-refractivity contribution in [1.82, 2.24) is 15.0 Å². The predicted molar refractivity (Wildman–Crippen MR) is 133 cm³/mol. The SMILES string of the molecule is CC(NS(=O)(=O)c1ccc(-c2sc(C(=O)NCC(C)(C)O)nc2C2CCCC2)c(Cl)c1Cl)C(F)(F)F. The lowest BCUT2D eigenvalue weighted by molar-refractivity contribution is -0.147. The summed E-state index contributed by atoms with van der Waals surface area (Å²) in [4.78, 5) is 17.2. The summed E-state index contributed by atoms with van der Waals surface area (Å²) >= 11 is 13.8. The molecular weight excluding hydrogens is 562 g/mol. The Balaban J connectivity index is 2.02. The van der Waals surface area contributed by atoms with Crippen LogP contribution in [0.4, 0.5) is 13.2 Å². The van der Waals surface area contributed by atoms with Gasteiger partial charge in [0.25, 0.3) is 5.91 Å². The fourth-order valence-electron chi connectivity index (χ4n) is 3.75. The van der Waals surface area contributed by atoms with Gasteiger partial charge in [0.15, 0.2) is 5.01 Å². The first kappa shape index (κ1) is 29.1. The number of carbonyl (C=O) groups is 1. The van der Waals surface area contributed by atoms with E-state index in [1.807, 2.05) is 0 Å². The molecule has 36 heavy (non-hydrogen) atoms. The van der Waals surface area contributed by atoms with E-state index in [4.69, 9.17) is 23.2 Å². The number of benzene rings is 1. The van der Waals surface area contributed by atoms with Crippen molar-refractivity contribution in [3.05, 3.63) is 32.9 Å². The average molecular weight is 589 g/mol. The first-order valence-electron chi connectivity index (χ1n) is 11.1. The molecule has 1 unspecified atom stereocenters. The lowest BCUT2D eigenvalue weighted by Gasteiger charge is -2.18. The number of aromatic nitrogens is 1. The molecule has 14 heteroatoms. The molecule has 1 saturated carbocycles. The Morgan fingerprint density at radius 3 is 2.39 bits per heavy atom. The van der Waals surface area contributed by atoms with Gasteiger partial charge in [-0.25, -0.2) is 13.4 Å². The number of carbonyl (C=O) groups excluding carboxylic acids is 1. The molecule has 7 nitrogen and oxygen atoms in total. The number of hydrogen-bond donors (Lipinski definition) is 3. The molecule has 1 aromatic carbocycles. The maximum atomic E-state index is 12.9. The van der Waals surface area contributed by atoms with Crippen LogP contribution in [-0.4, -0.2) is 48.8 Å². The second-order valence-electron chi connectivity index (χ2n) is 9.33. The first-order chi connectivity index (χ1) is 16.5. The smallest absolute Gasteiger partial charge is 0.389 e. The third-order valence-electron chi connectivity index (χ3n) is 5.67. The molecule has 1 aromatic heterocycles. The highest BCUT2D eigenvalue weighted by molar-refractivity contribution is 7.89. The number of alkyl halides is 3. The molecule has 3 rings (SSSR count). The number of hydrogen-bond acceptors (Lipinski definition) is 6. The van der Waals surface area contributed by atoms with Gasteiger partial charge in [0.05, 0.1) is 26.2 Å². The van der Waals surface area contributed by atoms with E-state index < -0.39 is 43.7 Å². The lowest BCUT2D eigenvalue weighted by Crippen LogP contribution is -2.43. The highest BCUT2D eigenvalue weighted by atomic mass is 35.5. The minimum atomic E-state index is -4.79. The van der Waals surface area contributed by atoms with Gasteiger partial charge in [-0.2, -0.15) is 17.9 Å². The molecule has 200 valence electrons. The summed E-state index contributed by atoms with van der Waals surface area (Å²) < 4.78 is 65.5. The number of rotatable bonds is 8. The van der Waals surface area contributed by atoms with Crippen molar-refractivity contribution in [3.63, 3.8) is 0 Å². The van der Waals surface area contributed by atoms with Crippen molar-refractivity contribution < 1.29 is 31.5 Å². The van der Waals surface area contributed by atoms with Crippen LogP contribution in [0.3, 0.4) is 0 Å². The molecule has 1 fully saturated rings. The van der Waals surface area contributed by atoms with Crippen LogP contribution in [0.25, 0.3) is 10.4 Å². The van der Waals surface area contributed by atoms with Crippen LogP contribution in [0, 0.1) is 0 Å². The van der Waals surface area contributed by atoms with E-state index in [0.29, 0.717) is 23.1 Å². The first-order valence-corrected chi connectivity index (χ1v) is 14.2. The van der Waals surface area contributed by atoms with Gasteiger partial charge >= 0.3 is 6.18 Å². The molecular formula is C22H26Cl2F3N3O4S2. The zero-order valence-corrected chi connectivity index (χ0v) is 22.8. The van der Waals surface area contributed by atoms with Crippen molar-refractivity contribution in [1.29, 1.82) is 0 Å². The van der Waals surface area contributed by atoms with E-state index in [9.17, 15) is 31.5 Å². The number of nitrogens with one attached hydrogen (secondary N) is 2. The summed E-state index contributed by atoms with van der Waals surface area (Å²) in [7, 11) is -4.64. The third-order valence-corrected chi connectivity index (χ3v) is 9.36. The Labute approximate surface area is 221 Å². The van der Waals surface area contributed by atoms with Gasteiger partial charge < -0.3 is 10.4 Å². The van der Waals surface area contributed by atoms with E-state index in [0.717, 1.165) is 43.1 Å². The quantitative estimate of drug-likeness (QED) is 0.377. The van der Waals surface area contributed by atoms with Crippen molar-refractivity contribution in [3.8, 4) is 10.4 Å². The van der Waals surface area contributed by atoms with Crippen LogP contribution in [0.1, 0.15) is 67.9 Å². The van der Waals surface area contributed by atoms with Crippen LogP contribution in [0.15, 0.2) is 17.0 Å². The summed E-state index contributed by atoms with van der Waals surface area (Å²) in [6.07, 6.45) is -1.13. The molecule has 0 aliphatic heterocycles. The third kappa shape index (κ3) is 6.70. The second kappa shape index (κ2) is 10.7. The number of thiazole rings is 1. The van der Waals surface area contributed by atoms with E-state index in [1.54, 1.807) is 18.6 Å². The van der Waals surface area contributed by atoms with Gasteiger partial charge in [-0.3, -0.25) is 4.79 Å². The molecule has 3 N–H and O–H groups in total. The molecule has 1 aliphatic carbocycles. The maximum Gasteiger partial charge on any atom is 0.404 e. The van der Waals surface area contributed by atoms with Crippen LogP contribution < -0.4 is 10.0 Å². The number of amides is 1. The van der Waals surface area contributed by atoms with Gasteiger partial charge in [-0.15, -0.1) is 11.3 Å². The molecule has 0 radical (unpaired) electrons. The molecule has 1 heterocycles. The lowest BCUT2D eigenvalue weighted by atomic mass is 10.00. The number of halogens is 5. The van der Waals surface area contributed by atoms with Crippen molar-refractivity contribution >= 4 is 50.5 Å². The van der Waals surface area contributed by atoms with E-state index in [-0.39, 0.29) is 22.5 Å². The Morgan fingerprint density at radius 1 is 1.22 bits per heavy atom. The van der Waals surface area contributed by atoms with Crippen LogP contribution in [-0.2, 0) is 10.0 Å². The molecule has 0 saturated heterocycles. The van der Waals surface area contributed by atoms with Crippen LogP contribution >= 0.6 is 34.5 Å². The molecule has 0 spiro atoms. The van der Waals surface area contributed by atoms with Gasteiger partial charge in [0.1, 0.15) is 10.9 Å². The Morgan fingerprint density at radius 2 is 1.83 bits per heavy atom. The molecule has 0 bridgehead atoms. The number of sulfonamides is 1. The largest absolute Gasteiger partial charge is 0.404 e. The predicted octanol–water partition coefficient (Wildman–Crippen LogP) is 5.50. The topological polar surface area (TPSA) is 108 Å². The van der Waals surface area contributed by atoms with Crippen molar-refractivity contribution in [2.45, 2.75) is 75.1 Å². The van der Waals surface area contributed by atoms with Crippen molar-refractivity contribution in [2.75, 3.05) is 6.54 Å². The zero-order chi connectivity index (χ0) is 27.1. The van der Waals surface area contributed by atoms with Gasteiger partial charge in [0, 0.05) is 18.0 Å². The number of aliphatic hydroxyl groups is 1. The van der Waals surface area contributed by atoms with E-state index in [1.165, 1.54) is 6.07 Å². The minimum Gasteiger partial charge on any atom is -0.389 e. The summed E-state index contributed by atoms with van der Waals surface area (Å²) in [6, 6.07) is 0.101. The normalized spacial score (nSPS) is 16.4. The summed E-state index contributed by atoms with van der Waals surface area (Å²) in [5.74, 6) is -0.431. The van der Waals surface area contributed by atoms with Crippen LogP contribution in [0.5, 0.6) is 0 Å². The van der Waals surface area contributed by atoms with Gasteiger partial charge in [-0.05, 0) is 39.7 Å². The maximum absolute atomic E-state index is 12.9. The molecule has 2 aromatic rings. The summed E-state index contributed by atoms with van der Waals surface area (Å²) in [6.45, 7) is 3.78. The Hall–Kier alpha value is -1.44. The summed E-state index contributed by atoms with van der Waals surface area (Å²) in [5.41, 5.74) is -0.173. The highest BCUT2D eigenvalue weighted by Gasteiger charge is 2.39. The Bertz CT molecular complexity index is 1240. The standard InChI is InChI=1S/C22H26Cl2F3N3O4S2/c1-11(22(25,26)27)30-36(33,34)14-9-8-13(15(23)16(14)24)18-17(12-6-4-5-7-12)29-20(35-18)19(31)28-10-21(2,3)32/h8-9,11-12,30,32H,4-7,10H2,1-3H3,(H,28,31). The fraction of sp³-hybridized carbons (Fsp3) is 0.545. The highest BCUT2D eigenvalue weighted by Crippen LogP contribution is 2.46. The monoisotopic (exact) mass is 587 g/mol. The molecule has 1 amide bonds. The van der Waals surface area contributed by atoms with Gasteiger partial charge in [-0.1, -0.05) is 42.1 Å². The molecule has 1 atom stereocenters. The van der Waals surface area contributed by atoms with Crippen LogP contribution in [0.2, 0.25) is 10.0 Å². The van der Waals surface area contributed by atoms with E-state index >= 15 is 0 Å². The zero-order valence-electron chi connectivity index (χ0n) is 19.7. The second-order valence-corrected chi connectivity index (χ2v) is 12.8. The minimum absolute atomic E-state index is 0.00198. The van der Waals surface area contributed by atoms with Gasteiger partial charge in [0.2, 0.25) is 10.0 Å². The Kier molecular flexibility index (Phi) is 8.69. The summed E-state index contributed by atoms with van der Waals surface area (Å²) in [5, 5.41) is 12.1. The van der Waals surface area contributed by atoms with Crippen molar-refractivity contribution in [2.24, 2.45) is 0 Å². The fourth-order valence-corrected chi connectivity index (χ4v) is 7.00. The van der Waals surface area contributed by atoms with E-state index in [2.05, 4.69) is 10.3 Å². The molecule has 1 aliphatic rings. The average Bonchev–Trinajstić information content (AvgIpc) is 3.42. The number of nitrogens with zero attached hydrogens (tertiary/aromatic N) is 1.